The van der Waals surface area contributed by atoms with E-state index in [9.17, 15) is 4.79 Å². The molecule has 1 saturated heterocycles. The molecule has 0 spiro atoms. The number of likely N-dealkylation sites (tertiary alicyclic amines) is 1. The average molecular weight is 387 g/mol. The van der Waals surface area contributed by atoms with Crippen molar-refractivity contribution in [2.45, 2.75) is 38.8 Å². The minimum Gasteiger partial charge on any atom is -0.351 e. The molecule has 27 heavy (non-hydrogen) atoms. The molecule has 1 aromatic carbocycles. The summed E-state index contributed by atoms with van der Waals surface area (Å²) in [6.07, 6.45) is 3.51. The highest BCUT2D eigenvalue weighted by atomic mass is 32.1. The summed E-state index contributed by atoms with van der Waals surface area (Å²) in [5.74, 6) is 0.00104. The largest absolute Gasteiger partial charge is 0.351 e. The summed E-state index contributed by atoms with van der Waals surface area (Å²) in [6, 6.07) is 9.04. The van der Waals surface area contributed by atoms with Gasteiger partial charge in [0.15, 0.2) is 0 Å². The van der Waals surface area contributed by atoms with Gasteiger partial charge in [-0.3, -0.25) is 4.79 Å². The summed E-state index contributed by atoms with van der Waals surface area (Å²) >= 11 is 1.48. The first-order chi connectivity index (χ1) is 12.9. The van der Waals surface area contributed by atoms with Gasteiger partial charge in [-0.1, -0.05) is 24.3 Å². The van der Waals surface area contributed by atoms with Crippen LogP contribution in [0.3, 0.4) is 0 Å². The van der Waals surface area contributed by atoms with Crippen LogP contribution >= 0.6 is 11.3 Å². The maximum absolute atomic E-state index is 12.6. The fraction of sp³-hybridized carbons (Fsp3) is 0.524. The number of nitrogens with one attached hydrogen (secondary N) is 1. The third kappa shape index (κ3) is 5.15. The molecule has 146 valence electrons. The summed E-state index contributed by atoms with van der Waals surface area (Å²) in [4.78, 5) is 22.5. The molecule has 2 heterocycles. The van der Waals surface area contributed by atoms with E-state index in [0.717, 1.165) is 40.7 Å². The molecule has 1 atom stereocenters. The molecule has 1 unspecified atom stereocenters. The molecule has 0 bridgehead atoms. The number of rotatable bonds is 7. The van der Waals surface area contributed by atoms with Gasteiger partial charge >= 0.3 is 0 Å². The van der Waals surface area contributed by atoms with Crippen molar-refractivity contribution in [2.75, 3.05) is 34.2 Å². The molecule has 1 aromatic heterocycles. The van der Waals surface area contributed by atoms with Crippen LogP contribution in [0.25, 0.3) is 10.6 Å². The van der Waals surface area contributed by atoms with Gasteiger partial charge in [-0.25, -0.2) is 4.98 Å². The zero-order chi connectivity index (χ0) is 19.4. The summed E-state index contributed by atoms with van der Waals surface area (Å²) in [5, 5.41) is 3.99. The van der Waals surface area contributed by atoms with Crippen LogP contribution in [-0.4, -0.2) is 61.0 Å². The smallest absolute Gasteiger partial charge is 0.263 e. The quantitative estimate of drug-likeness (QED) is 0.792. The highest BCUT2D eigenvalue weighted by Gasteiger charge is 2.21. The van der Waals surface area contributed by atoms with Crippen LogP contribution < -0.4 is 5.32 Å². The van der Waals surface area contributed by atoms with Gasteiger partial charge in [0.1, 0.15) is 9.88 Å². The van der Waals surface area contributed by atoms with Crippen LogP contribution in [0.2, 0.25) is 0 Å². The lowest BCUT2D eigenvalue weighted by Crippen LogP contribution is -2.31. The molecule has 6 heteroatoms. The highest BCUT2D eigenvalue weighted by Crippen LogP contribution is 2.28. The van der Waals surface area contributed by atoms with Crippen molar-refractivity contribution >= 4 is 17.2 Å². The van der Waals surface area contributed by atoms with Crippen molar-refractivity contribution in [2.24, 2.45) is 0 Å². The number of benzene rings is 1. The topological polar surface area (TPSA) is 48.5 Å². The second kappa shape index (κ2) is 8.95. The maximum Gasteiger partial charge on any atom is 0.263 e. The number of amides is 1. The molecule has 2 aromatic rings. The zero-order valence-electron chi connectivity index (χ0n) is 16.8. The third-order valence-corrected chi connectivity index (χ3v) is 6.34. The van der Waals surface area contributed by atoms with E-state index >= 15 is 0 Å². The third-order valence-electron chi connectivity index (χ3n) is 5.14. The van der Waals surface area contributed by atoms with E-state index in [1.54, 1.807) is 0 Å². The molecule has 5 nitrogen and oxygen atoms in total. The van der Waals surface area contributed by atoms with Crippen molar-refractivity contribution in [3.05, 3.63) is 40.4 Å². The normalized spacial score (nSPS) is 17.6. The maximum atomic E-state index is 12.6. The Labute approximate surface area is 166 Å². The van der Waals surface area contributed by atoms with E-state index in [4.69, 9.17) is 0 Å². The number of hydrogen-bond donors (Lipinski definition) is 1. The monoisotopic (exact) mass is 386 g/mol. The van der Waals surface area contributed by atoms with Gasteiger partial charge in [0.2, 0.25) is 0 Å². The van der Waals surface area contributed by atoms with Crippen LogP contribution in [0.15, 0.2) is 24.3 Å². The molecule has 1 aliphatic rings. The minimum absolute atomic E-state index is 0.00104. The van der Waals surface area contributed by atoms with Crippen molar-refractivity contribution < 1.29 is 4.79 Å². The van der Waals surface area contributed by atoms with Gasteiger partial charge in [-0.05, 0) is 59.4 Å². The summed E-state index contributed by atoms with van der Waals surface area (Å²) in [6.45, 7) is 4.73. The number of nitrogens with zero attached hydrogens (tertiary/aromatic N) is 3. The standard InChI is InChI=1S/C21H30N4OS/c1-15-19(20(26)22-12-11-18-6-5-13-25(18)4)27-21(23-15)17-9-7-16(8-10-17)14-24(2)3/h7-10,18H,5-6,11-14H2,1-4H3,(H,22,26). The van der Waals surface area contributed by atoms with Crippen molar-refractivity contribution in [3.63, 3.8) is 0 Å². The van der Waals surface area contributed by atoms with Gasteiger partial charge in [-0.15, -0.1) is 11.3 Å². The molecule has 0 radical (unpaired) electrons. The lowest BCUT2D eigenvalue weighted by atomic mass is 10.1. The van der Waals surface area contributed by atoms with E-state index in [2.05, 4.69) is 65.5 Å². The predicted octanol–water partition coefficient (Wildman–Crippen LogP) is 3.39. The van der Waals surface area contributed by atoms with Crippen LogP contribution in [0.1, 0.15) is 40.2 Å². The molecule has 0 saturated carbocycles. The Kier molecular flexibility index (Phi) is 6.63. The summed E-state index contributed by atoms with van der Waals surface area (Å²) in [7, 11) is 6.30. The zero-order valence-corrected chi connectivity index (χ0v) is 17.6. The Morgan fingerprint density at radius 1 is 1.33 bits per heavy atom. The Bertz CT molecular complexity index is 769. The molecule has 1 aliphatic heterocycles. The fourth-order valence-corrected chi connectivity index (χ4v) is 4.61. The second-order valence-electron chi connectivity index (χ2n) is 7.69. The van der Waals surface area contributed by atoms with E-state index in [1.807, 2.05) is 6.92 Å². The van der Waals surface area contributed by atoms with Crippen LogP contribution in [0.5, 0.6) is 0 Å². The van der Waals surface area contributed by atoms with E-state index < -0.39 is 0 Å². The molecular weight excluding hydrogens is 356 g/mol. The molecule has 1 amide bonds. The fourth-order valence-electron chi connectivity index (χ4n) is 3.63. The van der Waals surface area contributed by atoms with E-state index in [0.29, 0.717) is 6.04 Å². The van der Waals surface area contributed by atoms with Crippen LogP contribution in [0.4, 0.5) is 0 Å². The van der Waals surface area contributed by atoms with Crippen LogP contribution in [-0.2, 0) is 6.54 Å². The summed E-state index contributed by atoms with van der Waals surface area (Å²) in [5.41, 5.74) is 3.15. The molecular formula is C21H30N4OS. The van der Waals surface area contributed by atoms with Crippen LogP contribution in [0, 0.1) is 6.92 Å². The SMILES string of the molecule is Cc1nc(-c2ccc(CN(C)C)cc2)sc1C(=O)NCCC1CCCN1C. The first-order valence-electron chi connectivity index (χ1n) is 9.64. The first kappa shape index (κ1) is 20.0. The molecule has 1 N–H and O–H groups in total. The molecule has 0 aliphatic carbocycles. The Balaban J connectivity index is 1.60. The lowest BCUT2D eigenvalue weighted by Gasteiger charge is -2.19. The van der Waals surface area contributed by atoms with E-state index in [1.165, 1.54) is 36.3 Å². The first-order valence-corrected chi connectivity index (χ1v) is 10.5. The van der Waals surface area contributed by atoms with Crippen molar-refractivity contribution in [1.29, 1.82) is 0 Å². The van der Waals surface area contributed by atoms with Gasteiger partial charge in [0.25, 0.3) is 5.91 Å². The molecule has 3 rings (SSSR count). The number of carbonyl (C=O) groups is 1. The average Bonchev–Trinajstić information content (AvgIpc) is 3.21. The predicted molar refractivity (Wildman–Crippen MR) is 112 cm³/mol. The van der Waals surface area contributed by atoms with Gasteiger partial charge < -0.3 is 15.1 Å². The number of thiazole rings is 1. The van der Waals surface area contributed by atoms with Crippen molar-refractivity contribution in [3.8, 4) is 10.6 Å². The summed E-state index contributed by atoms with van der Waals surface area (Å²) < 4.78 is 0. The second-order valence-corrected chi connectivity index (χ2v) is 8.69. The van der Waals surface area contributed by atoms with Gasteiger partial charge in [-0.2, -0.15) is 0 Å². The number of aryl methyl sites for hydroxylation is 1. The minimum atomic E-state index is 0.00104. The van der Waals surface area contributed by atoms with Gasteiger partial charge in [0, 0.05) is 24.7 Å². The Hall–Kier alpha value is -1.76. The van der Waals surface area contributed by atoms with Gasteiger partial charge in [0.05, 0.1) is 5.69 Å². The highest BCUT2D eigenvalue weighted by molar-refractivity contribution is 7.17. The lowest BCUT2D eigenvalue weighted by molar-refractivity contribution is 0.0953. The Morgan fingerprint density at radius 3 is 2.70 bits per heavy atom. The van der Waals surface area contributed by atoms with E-state index in [-0.39, 0.29) is 5.91 Å². The Morgan fingerprint density at radius 2 is 2.07 bits per heavy atom. The molecule has 1 fully saturated rings. The van der Waals surface area contributed by atoms with Crippen molar-refractivity contribution in [1.82, 2.24) is 20.1 Å². The number of hydrogen-bond acceptors (Lipinski definition) is 5. The number of aromatic nitrogens is 1. The number of carbonyl (C=O) groups excluding carboxylic acids is 1.